The van der Waals surface area contributed by atoms with Crippen molar-refractivity contribution in [3.05, 3.63) is 30.1 Å². The molecular weight excluding hydrogens is 260 g/mol. The number of nitrogen functional groups attached to an aromatic ring is 2. The predicted octanol–water partition coefficient (Wildman–Crippen LogP) is 1.47. The maximum Gasteiger partial charge on any atom is 0.196 e. The molecule has 2 aromatic heterocycles. The van der Waals surface area contributed by atoms with Crippen molar-refractivity contribution in [2.45, 2.75) is 23.0 Å². The van der Waals surface area contributed by atoms with Crippen molar-refractivity contribution in [2.75, 3.05) is 18.5 Å². The summed E-state index contributed by atoms with van der Waals surface area (Å²) < 4.78 is 0. The van der Waals surface area contributed by atoms with Crippen molar-refractivity contribution < 1.29 is 0 Å². The minimum absolute atomic E-state index is 0.221. The van der Waals surface area contributed by atoms with Crippen LogP contribution in [0.1, 0.15) is 18.7 Å². The highest BCUT2D eigenvalue weighted by Crippen LogP contribution is 2.25. The lowest BCUT2D eigenvalue weighted by molar-refractivity contribution is 0.631. The van der Waals surface area contributed by atoms with Gasteiger partial charge in [-0.1, -0.05) is 0 Å². The molecular formula is C12H16N6S. The molecule has 2 aromatic rings. The van der Waals surface area contributed by atoms with Crippen molar-refractivity contribution in [2.24, 2.45) is 0 Å². The number of anilines is 2. The van der Waals surface area contributed by atoms with E-state index in [1.54, 1.807) is 6.20 Å². The third-order valence-corrected chi connectivity index (χ3v) is 3.43. The molecule has 2 heterocycles. The molecule has 19 heavy (non-hydrogen) atoms. The Morgan fingerprint density at radius 1 is 1.21 bits per heavy atom. The van der Waals surface area contributed by atoms with Crippen molar-refractivity contribution in [1.29, 1.82) is 0 Å². The highest BCUT2D eigenvalue weighted by Gasteiger charge is 2.06. The number of hydrogen-bond acceptors (Lipinski definition) is 7. The van der Waals surface area contributed by atoms with Crippen LogP contribution in [0.4, 0.5) is 11.6 Å². The van der Waals surface area contributed by atoms with Crippen LogP contribution in [0.2, 0.25) is 0 Å². The molecule has 6 nitrogen and oxygen atoms in total. The van der Waals surface area contributed by atoms with Crippen molar-refractivity contribution >= 4 is 23.4 Å². The third kappa shape index (κ3) is 3.55. The summed E-state index contributed by atoms with van der Waals surface area (Å²) in [6.07, 6.45) is 1.79. The van der Waals surface area contributed by atoms with E-state index in [0.717, 1.165) is 10.6 Å². The van der Waals surface area contributed by atoms with Crippen LogP contribution in [0.5, 0.6) is 0 Å². The van der Waals surface area contributed by atoms with E-state index < -0.39 is 0 Å². The lowest BCUT2D eigenvalue weighted by Gasteiger charge is -2.09. The molecule has 0 aliphatic carbocycles. The molecule has 7 heteroatoms. The van der Waals surface area contributed by atoms with E-state index in [9.17, 15) is 0 Å². The fourth-order valence-corrected chi connectivity index (χ4v) is 2.22. The minimum atomic E-state index is 0.221. The monoisotopic (exact) mass is 276 g/mol. The molecule has 0 spiro atoms. The molecule has 0 bridgehead atoms. The van der Waals surface area contributed by atoms with Gasteiger partial charge in [-0.2, -0.15) is 0 Å². The van der Waals surface area contributed by atoms with Crippen LogP contribution in [0.15, 0.2) is 34.4 Å². The molecule has 1 unspecified atom stereocenters. The Hall–Kier alpha value is -1.86. The summed E-state index contributed by atoms with van der Waals surface area (Å²) in [7, 11) is 1.90. The Bertz CT molecular complexity index is 536. The van der Waals surface area contributed by atoms with E-state index >= 15 is 0 Å². The Kier molecular flexibility index (Phi) is 4.18. The normalized spacial score (nSPS) is 12.3. The Labute approximate surface area is 116 Å². The van der Waals surface area contributed by atoms with Gasteiger partial charge in [0.1, 0.15) is 11.6 Å². The van der Waals surface area contributed by atoms with E-state index in [2.05, 4.69) is 27.2 Å². The van der Waals surface area contributed by atoms with Gasteiger partial charge in [0, 0.05) is 23.2 Å². The van der Waals surface area contributed by atoms with Crippen molar-refractivity contribution in [3.63, 3.8) is 0 Å². The summed E-state index contributed by atoms with van der Waals surface area (Å²) >= 11 is 1.38. The van der Waals surface area contributed by atoms with Gasteiger partial charge in [0.25, 0.3) is 0 Å². The molecule has 2 rings (SSSR count). The molecule has 0 saturated carbocycles. The standard InChI is InChI=1S/C12H16N6S/c1-7(15-2)9-4-3-8(6-16-9)19-12-17-10(13)5-11(14)18-12/h3-7,15H,1-2H3,(H4,13,14,17,18). The Balaban J connectivity index is 2.15. The maximum absolute atomic E-state index is 5.63. The lowest BCUT2D eigenvalue weighted by atomic mass is 10.2. The largest absolute Gasteiger partial charge is 0.383 e. The zero-order valence-corrected chi connectivity index (χ0v) is 11.6. The van der Waals surface area contributed by atoms with Crippen molar-refractivity contribution in [1.82, 2.24) is 20.3 Å². The van der Waals surface area contributed by atoms with Crippen LogP contribution in [0.3, 0.4) is 0 Å². The topological polar surface area (TPSA) is 103 Å². The summed E-state index contributed by atoms with van der Waals surface area (Å²) in [4.78, 5) is 13.6. The number of aromatic nitrogens is 3. The highest BCUT2D eigenvalue weighted by molar-refractivity contribution is 7.99. The SMILES string of the molecule is CNC(C)c1ccc(Sc2nc(N)cc(N)n2)cn1. The number of rotatable bonds is 4. The number of pyridine rings is 1. The molecule has 100 valence electrons. The summed E-state index contributed by atoms with van der Waals surface area (Å²) in [5.74, 6) is 0.728. The van der Waals surface area contributed by atoms with Gasteiger partial charge in [-0.3, -0.25) is 4.98 Å². The number of hydrogen-bond donors (Lipinski definition) is 3. The van der Waals surface area contributed by atoms with Crippen LogP contribution in [0.25, 0.3) is 0 Å². The van der Waals surface area contributed by atoms with E-state index in [1.165, 1.54) is 17.8 Å². The predicted molar refractivity (Wildman–Crippen MR) is 76.7 cm³/mol. The van der Waals surface area contributed by atoms with Crippen LogP contribution >= 0.6 is 11.8 Å². The number of nitrogens with one attached hydrogen (secondary N) is 1. The van der Waals surface area contributed by atoms with Crippen molar-refractivity contribution in [3.8, 4) is 0 Å². The van der Waals surface area contributed by atoms with E-state index in [4.69, 9.17) is 11.5 Å². The van der Waals surface area contributed by atoms with Crippen LogP contribution < -0.4 is 16.8 Å². The third-order valence-electron chi connectivity index (χ3n) is 2.59. The van der Waals surface area contributed by atoms with Gasteiger partial charge in [0.05, 0.1) is 5.69 Å². The first-order valence-corrected chi connectivity index (χ1v) is 6.61. The average Bonchev–Trinajstić information content (AvgIpc) is 2.37. The molecule has 0 aromatic carbocycles. The fourth-order valence-electron chi connectivity index (χ4n) is 1.47. The Morgan fingerprint density at radius 2 is 1.89 bits per heavy atom. The zero-order chi connectivity index (χ0) is 13.8. The molecule has 0 aliphatic rings. The van der Waals surface area contributed by atoms with Gasteiger partial charge >= 0.3 is 0 Å². The van der Waals surface area contributed by atoms with E-state index in [-0.39, 0.29) is 6.04 Å². The highest BCUT2D eigenvalue weighted by atomic mass is 32.2. The average molecular weight is 276 g/mol. The summed E-state index contributed by atoms with van der Waals surface area (Å²) in [6, 6.07) is 5.70. The second-order valence-electron chi connectivity index (χ2n) is 4.03. The number of nitrogens with zero attached hydrogens (tertiary/aromatic N) is 3. The second kappa shape index (κ2) is 5.85. The molecule has 0 radical (unpaired) electrons. The first kappa shape index (κ1) is 13.6. The van der Waals surface area contributed by atoms with Gasteiger partial charge in [-0.15, -0.1) is 0 Å². The van der Waals surface area contributed by atoms with E-state index in [0.29, 0.717) is 16.8 Å². The molecule has 0 saturated heterocycles. The van der Waals surface area contributed by atoms with Gasteiger partial charge in [-0.05, 0) is 37.9 Å². The second-order valence-corrected chi connectivity index (χ2v) is 5.07. The first-order chi connectivity index (χ1) is 9.08. The Morgan fingerprint density at radius 3 is 2.42 bits per heavy atom. The lowest BCUT2D eigenvalue weighted by Crippen LogP contribution is -2.13. The van der Waals surface area contributed by atoms with Gasteiger partial charge < -0.3 is 16.8 Å². The van der Waals surface area contributed by atoms with Crippen LogP contribution in [-0.2, 0) is 0 Å². The molecule has 0 aliphatic heterocycles. The molecule has 0 amide bonds. The van der Waals surface area contributed by atoms with Gasteiger partial charge in [-0.25, -0.2) is 9.97 Å². The zero-order valence-electron chi connectivity index (χ0n) is 10.8. The molecule has 5 N–H and O–H groups in total. The first-order valence-electron chi connectivity index (χ1n) is 5.79. The fraction of sp³-hybridized carbons (Fsp3) is 0.250. The van der Waals surface area contributed by atoms with E-state index in [1.807, 2.05) is 19.2 Å². The van der Waals surface area contributed by atoms with Crippen LogP contribution in [-0.4, -0.2) is 22.0 Å². The summed E-state index contributed by atoms with van der Waals surface area (Å²) in [5, 5.41) is 3.66. The smallest absolute Gasteiger partial charge is 0.196 e. The molecule has 1 atom stereocenters. The maximum atomic E-state index is 5.63. The summed E-state index contributed by atoms with van der Waals surface area (Å²) in [5.41, 5.74) is 12.2. The van der Waals surface area contributed by atoms with Gasteiger partial charge in [0.15, 0.2) is 5.16 Å². The number of nitrogens with two attached hydrogens (primary N) is 2. The quantitative estimate of drug-likeness (QED) is 0.726. The molecule has 0 fully saturated rings. The van der Waals surface area contributed by atoms with Gasteiger partial charge in [0.2, 0.25) is 0 Å². The minimum Gasteiger partial charge on any atom is -0.383 e. The van der Waals surface area contributed by atoms with Crippen LogP contribution in [0, 0.1) is 0 Å². The summed E-state index contributed by atoms with van der Waals surface area (Å²) in [6.45, 7) is 2.05.